The lowest BCUT2D eigenvalue weighted by Crippen LogP contribution is -1.98. The molecule has 0 aliphatic heterocycles. The van der Waals surface area contributed by atoms with Gasteiger partial charge in [-0.15, -0.1) is 5.73 Å². The van der Waals surface area contributed by atoms with Crippen LogP contribution in [0.15, 0.2) is 43.2 Å². The SMILES string of the molecule is C=C=C.CC(C)Cc1ccccc1N. The van der Waals surface area contributed by atoms with Crippen LogP contribution >= 0.6 is 0 Å². The fourth-order valence-electron chi connectivity index (χ4n) is 1.16. The number of rotatable bonds is 2. The van der Waals surface area contributed by atoms with Gasteiger partial charge in [-0.25, -0.2) is 0 Å². The summed E-state index contributed by atoms with van der Waals surface area (Å²) in [7, 11) is 0. The summed E-state index contributed by atoms with van der Waals surface area (Å²) in [5.41, 5.74) is 10.2. The molecule has 0 saturated carbocycles. The van der Waals surface area contributed by atoms with Crippen LogP contribution in [0, 0.1) is 5.92 Å². The van der Waals surface area contributed by atoms with Crippen molar-refractivity contribution in [2.45, 2.75) is 20.3 Å². The average Bonchev–Trinajstić information content (AvgIpc) is 2.09. The number of hydrogen-bond donors (Lipinski definition) is 1. The fourth-order valence-corrected chi connectivity index (χ4v) is 1.16. The molecule has 1 rings (SSSR count). The van der Waals surface area contributed by atoms with Gasteiger partial charge >= 0.3 is 0 Å². The molecule has 0 radical (unpaired) electrons. The molecule has 2 N–H and O–H groups in total. The lowest BCUT2D eigenvalue weighted by molar-refractivity contribution is 0.648. The van der Waals surface area contributed by atoms with E-state index >= 15 is 0 Å². The van der Waals surface area contributed by atoms with Crippen molar-refractivity contribution in [3.8, 4) is 0 Å². The summed E-state index contributed by atoms with van der Waals surface area (Å²) in [5.74, 6) is 0.680. The third-order valence-electron chi connectivity index (χ3n) is 1.68. The standard InChI is InChI=1S/C10H15N.C3H4/c1-8(2)7-9-5-3-4-6-10(9)11;1-3-2/h3-6,8H,7,11H2,1-2H3;1-2H2. The third-order valence-corrected chi connectivity index (χ3v) is 1.68. The Morgan fingerprint density at radius 3 is 2.21 bits per heavy atom. The molecule has 0 aliphatic carbocycles. The smallest absolute Gasteiger partial charge is 0.0346 e. The van der Waals surface area contributed by atoms with Gasteiger partial charge in [-0.1, -0.05) is 45.2 Å². The predicted octanol–water partition coefficient (Wildman–Crippen LogP) is 3.42. The Hall–Kier alpha value is -1.46. The highest BCUT2D eigenvalue weighted by Gasteiger charge is 1.99. The second-order valence-electron chi connectivity index (χ2n) is 3.55. The summed E-state index contributed by atoms with van der Waals surface area (Å²) in [6.45, 7) is 10.7. The van der Waals surface area contributed by atoms with Crippen LogP contribution in [0.1, 0.15) is 19.4 Å². The molecular formula is C13H19N. The monoisotopic (exact) mass is 189 g/mol. The first-order valence-electron chi connectivity index (χ1n) is 4.74. The molecule has 1 aromatic carbocycles. The Kier molecular flexibility index (Phi) is 6.26. The Morgan fingerprint density at radius 2 is 1.79 bits per heavy atom. The minimum absolute atomic E-state index is 0.680. The summed E-state index contributed by atoms with van der Waals surface area (Å²) in [6, 6.07) is 8.06. The molecule has 1 aromatic rings. The van der Waals surface area contributed by atoms with Gasteiger partial charge in [0.25, 0.3) is 0 Å². The van der Waals surface area contributed by atoms with Gasteiger partial charge in [-0.3, -0.25) is 0 Å². The van der Waals surface area contributed by atoms with Crippen molar-refractivity contribution in [1.82, 2.24) is 0 Å². The van der Waals surface area contributed by atoms with Crippen LogP contribution in [0.25, 0.3) is 0 Å². The molecule has 14 heavy (non-hydrogen) atoms. The van der Waals surface area contributed by atoms with E-state index in [1.54, 1.807) is 0 Å². The minimum Gasteiger partial charge on any atom is -0.399 e. The van der Waals surface area contributed by atoms with Gasteiger partial charge < -0.3 is 5.73 Å². The molecule has 0 aliphatic rings. The van der Waals surface area contributed by atoms with Gasteiger partial charge in [0.2, 0.25) is 0 Å². The molecule has 0 saturated heterocycles. The van der Waals surface area contributed by atoms with Gasteiger partial charge in [-0.05, 0) is 24.0 Å². The van der Waals surface area contributed by atoms with Crippen molar-refractivity contribution in [2.24, 2.45) is 5.92 Å². The molecule has 0 aromatic heterocycles. The number of para-hydroxylation sites is 1. The van der Waals surface area contributed by atoms with Crippen LogP contribution in [0.5, 0.6) is 0 Å². The average molecular weight is 189 g/mol. The Bertz CT molecular complexity index is 294. The van der Waals surface area contributed by atoms with Crippen LogP contribution in [0.4, 0.5) is 5.69 Å². The van der Waals surface area contributed by atoms with Crippen LogP contribution in [-0.2, 0) is 6.42 Å². The topological polar surface area (TPSA) is 26.0 Å². The summed E-state index contributed by atoms with van der Waals surface area (Å²) in [5, 5.41) is 0. The molecule has 0 amide bonds. The predicted molar refractivity (Wildman–Crippen MR) is 64.2 cm³/mol. The molecule has 0 unspecified atom stereocenters. The van der Waals surface area contributed by atoms with Crippen molar-refractivity contribution in [2.75, 3.05) is 5.73 Å². The van der Waals surface area contributed by atoms with Crippen molar-refractivity contribution in [1.29, 1.82) is 0 Å². The van der Waals surface area contributed by atoms with Crippen LogP contribution in [0.2, 0.25) is 0 Å². The number of nitrogens with two attached hydrogens (primary N) is 1. The Labute approximate surface area is 87.0 Å². The third kappa shape index (κ3) is 5.23. The molecular weight excluding hydrogens is 170 g/mol. The molecule has 0 heterocycles. The number of benzene rings is 1. The summed E-state index contributed by atoms with van der Waals surface area (Å²) in [6.07, 6.45) is 1.08. The molecule has 1 heteroatoms. The molecule has 0 spiro atoms. The largest absolute Gasteiger partial charge is 0.399 e. The zero-order valence-corrected chi connectivity index (χ0v) is 9.09. The summed E-state index contributed by atoms with van der Waals surface area (Å²) < 4.78 is 0. The highest BCUT2D eigenvalue weighted by molar-refractivity contribution is 5.46. The van der Waals surface area contributed by atoms with Gasteiger partial charge in [0, 0.05) is 5.69 Å². The van der Waals surface area contributed by atoms with Crippen molar-refractivity contribution in [3.63, 3.8) is 0 Å². The molecule has 1 nitrogen and oxygen atoms in total. The highest BCUT2D eigenvalue weighted by Crippen LogP contribution is 2.14. The maximum atomic E-state index is 5.77. The van der Waals surface area contributed by atoms with Crippen LogP contribution < -0.4 is 5.73 Å². The molecule has 0 atom stereocenters. The van der Waals surface area contributed by atoms with Crippen molar-refractivity contribution < 1.29 is 0 Å². The van der Waals surface area contributed by atoms with Gasteiger partial charge in [0.15, 0.2) is 0 Å². The first-order chi connectivity index (χ1) is 6.61. The van der Waals surface area contributed by atoms with Crippen LogP contribution in [0.3, 0.4) is 0 Å². The molecule has 0 bridgehead atoms. The summed E-state index contributed by atoms with van der Waals surface area (Å²) >= 11 is 0. The fraction of sp³-hybridized carbons (Fsp3) is 0.308. The van der Waals surface area contributed by atoms with E-state index in [9.17, 15) is 0 Å². The summed E-state index contributed by atoms with van der Waals surface area (Å²) in [4.78, 5) is 0. The Morgan fingerprint density at radius 1 is 1.29 bits per heavy atom. The van der Waals surface area contributed by atoms with E-state index in [1.165, 1.54) is 5.56 Å². The van der Waals surface area contributed by atoms with Gasteiger partial charge in [-0.2, -0.15) is 0 Å². The van der Waals surface area contributed by atoms with Crippen molar-refractivity contribution in [3.05, 3.63) is 48.7 Å². The first kappa shape index (κ1) is 12.5. The van der Waals surface area contributed by atoms with E-state index in [-0.39, 0.29) is 0 Å². The molecule has 76 valence electrons. The number of anilines is 1. The van der Waals surface area contributed by atoms with E-state index in [0.29, 0.717) is 5.92 Å². The first-order valence-corrected chi connectivity index (χ1v) is 4.74. The quantitative estimate of drug-likeness (QED) is 0.560. The lowest BCUT2D eigenvalue weighted by Gasteiger charge is -2.06. The van der Waals surface area contributed by atoms with E-state index in [2.05, 4.69) is 38.8 Å². The normalized spacial score (nSPS) is 8.79. The maximum Gasteiger partial charge on any atom is 0.0346 e. The zero-order valence-electron chi connectivity index (χ0n) is 9.09. The van der Waals surface area contributed by atoms with E-state index in [1.807, 2.05) is 18.2 Å². The molecule has 0 fully saturated rings. The number of hydrogen-bond acceptors (Lipinski definition) is 1. The van der Waals surface area contributed by atoms with Gasteiger partial charge in [0.05, 0.1) is 0 Å². The van der Waals surface area contributed by atoms with E-state index in [4.69, 9.17) is 5.73 Å². The number of nitrogen functional groups attached to an aromatic ring is 1. The minimum atomic E-state index is 0.680. The van der Waals surface area contributed by atoms with Crippen molar-refractivity contribution >= 4 is 5.69 Å². The highest BCUT2D eigenvalue weighted by atomic mass is 14.6. The van der Waals surface area contributed by atoms with E-state index in [0.717, 1.165) is 12.1 Å². The van der Waals surface area contributed by atoms with Gasteiger partial charge in [0.1, 0.15) is 0 Å². The second-order valence-corrected chi connectivity index (χ2v) is 3.55. The second kappa shape index (κ2) is 6.99. The maximum absolute atomic E-state index is 5.77. The van der Waals surface area contributed by atoms with E-state index < -0.39 is 0 Å². The van der Waals surface area contributed by atoms with Crippen LogP contribution in [-0.4, -0.2) is 0 Å². The Balaban J connectivity index is 0.000000500. The zero-order chi connectivity index (χ0) is 11.0. The lowest BCUT2D eigenvalue weighted by atomic mass is 10.0.